The van der Waals surface area contributed by atoms with Gasteiger partial charge in [-0.3, -0.25) is 4.79 Å². The largest absolute Gasteiger partial charge is 0.494 e. The SMILES string of the molecule is COc1cc(C(=O)NC(C)c2nc3ccccc3n2CCCCOc2ccc(C(C)C)cc2)cc(OC)c1OC. The fourth-order valence-corrected chi connectivity index (χ4v) is 4.73. The van der Waals surface area contributed by atoms with E-state index in [2.05, 4.69) is 41.9 Å². The van der Waals surface area contributed by atoms with Crippen molar-refractivity contribution in [2.75, 3.05) is 27.9 Å². The number of rotatable bonds is 13. The molecule has 40 heavy (non-hydrogen) atoms. The lowest BCUT2D eigenvalue weighted by atomic mass is 10.0. The molecule has 8 heteroatoms. The van der Waals surface area contributed by atoms with Crippen LogP contribution in [0.4, 0.5) is 0 Å². The molecule has 0 radical (unpaired) electrons. The van der Waals surface area contributed by atoms with Crippen LogP contribution in [0, 0.1) is 0 Å². The molecule has 0 aliphatic carbocycles. The summed E-state index contributed by atoms with van der Waals surface area (Å²) in [5.41, 5.74) is 3.64. The highest BCUT2D eigenvalue weighted by molar-refractivity contribution is 5.96. The van der Waals surface area contributed by atoms with Gasteiger partial charge in [0.1, 0.15) is 11.6 Å². The minimum absolute atomic E-state index is 0.262. The van der Waals surface area contributed by atoms with Crippen molar-refractivity contribution < 1.29 is 23.7 Å². The Kier molecular flexibility index (Phi) is 9.53. The highest BCUT2D eigenvalue weighted by atomic mass is 16.5. The van der Waals surface area contributed by atoms with Crippen LogP contribution < -0.4 is 24.3 Å². The van der Waals surface area contributed by atoms with Crippen LogP contribution >= 0.6 is 0 Å². The molecule has 212 valence electrons. The zero-order valence-electron chi connectivity index (χ0n) is 24.2. The summed E-state index contributed by atoms with van der Waals surface area (Å²) in [7, 11) is 4.58. The summed E-state index contributed by atoms with van der Waals surface area (Å²) in [4.78, 5) is 18.1. The first-order valence-electron chi connectivity index (χ1n) is 13.6. The minimum Gasteiger partial charge on any atom is -0.494 e. The number of imidazole rings is 1. The second kappa shape index (κ2) is 13.2. The number of methoxy groups -OCH3 is 3. The molecule has 0 saturated carbocycles. The van der Waals surface area contributed by atoms with E-state index in [0.717, 1.165) is 42.0 Å². The lowest BCUT2D eigenvalue weighted by Gasteiger charge is -2.18. The van der Waals surface area contributed by atoms with Crippen LogP contribution in [0.1, 0.15) is 67.3 Å². The molecule has 4 aromatic rings. The number of hydrogen-bond acceptors (Lipinski definition) is 6. The van der Waals surface area contributed by atoms with Gasteiger partial charge >= 0.3 is 0 Å². The molecule has 1 unspecified atom stereocenters. The third-order valence-corrected chi connectivity index (χ3v) is 6.94. The molecule has 1 amide bonds. The first kappa shape index (κ1) is 28.8. The Morgan fingerprint density at radius 3 is 2.20 bits per heavy atom. The Hall–Kier alpha value is -4.20. The van der Waals surface area contributed by atoms with Crippen LogP contribution in [0.3, 0.4) is 0 Å². The lowest BCUT2D eigenvalue weighted by molar-refractivity contribution is 0.0936. The molecule has 0 spiro atoms. The van der Waals surface area contributed by atoms with Crippen molar-refractivity contribution in [3.8, 4) is 23.0 Å². The van der Waals surface area contributed by atoms with E-state index in [0.29, 0.717) is 35.3 Å². The molecule has 0 bridgehead atoms. The minimum atomic E-state index is -0.338. The van der Waals surface area contributed by atoms with Gasteiger partial charge in [-0.1, -0.05) is 38.1 Å². The van der Waals surface area contributed by atoms with E-state index in [-0.39, 0.29) is 11.9 Å². The first-order chi connectivity index (χ1) is 19.4. The number of para-hydroxylation sites is 2. The van der Waals surface area contributed by atoms with Crippen molar-refractivity contribution in [3.63, 3.8) is 0 Å². The maximum atomic E-state index is 13.3. The first-order valence-corrected chi connectivity index (χ1v) is 13.6. The number of ether oxygens (including phenoxy) is 4. The quantitative estimate of drug-likeness (QED) is 0.192. The number of benzene rings is 3. The molecule has 8 nitrogen and oxygen atoms in total. The average molecular weight is 546 g/mol. The van der Waals surface area contributed by atoms with Gasteiger partial charge in [-0.05, 0) is 67.6 Å². The second-order valence-electron chi connectivity index (χ2n) is 10.00. The summed E-state index contributed by atoms with van der Waals surface area (Å²) in [6, 6.07) is 19.3. The highest BCUT2D eigenvalue weighted by Gasteiger charge is 2.22. The number of nitrogens with one attached hydrogen (secondary N) is 1. The van der Waals surface area contributed by atoms with E-state index < -0.39 is 0 Å². The summed E-state index contributed by atoms with van der Waals surface area (Å²) in [6.07, 6.45) is 1.80. The molecular weight excluding hydrogens is 506 g/mol. The van der Waals surface area contributed by atoms with Crippen LogP contribution in [0.25, 0.3) is 11.0 Å². The van der Waals surface area contributed by atoms with Gasteiger partial charge in [0, 0.05) is 12.1 Å². The van der Waals surface area contributed by atoms with Gasteiger partial charge in [0.15, 0.2) is 11.5 Å². The van der Waals surface area contributed by atoms with Crippen molar-refractivity contribution in [2.24, 2.45) is 0 Å². The maximum absolute atomic E-state index is 13.3. The molecule has 0 fully saturated rings. The molecular formula is C32H39N3O5. The topological polar surface area (TPSA) is 83.8 Å². The lowest BCUT2D eigenvalue weighted by Crippen LogP contribution is -2.29. The monoisotopic (exact) mass is 545 g/mol. The molecule has 1 heterocycles. The predicted molar refractivity (Wildman–Crippen MR) is 157 cm³/mol. The molecule has 1 atom stereocenters. The standard InChI is InChI=1S/C32H39N3O5/c1-21(2)23-13-15-25(16-14-23)40-18-10-9-17-35-27-12-8-7-11-26(27)34-31(35)22(3)33-32(36)24-19-28(37-4)30(39-6)29(20-24)38-5/h7-8,11-16,19-22H,9-10,17-18H2,1-6H3,(H,33,36). The Balaban J connectivity index is 1.44. The Morgan fingerprint density at radius 2 is 1.57 bits per heavy atom. The summed E-state index contributed by atoms with van der Waals surface area (Å²) >= 11 is 0. The molecule has 0 aliphatic rings. The fourth-order valence-electron chi connectivity index (χ4n) is 4.73. The van der Waals surface area contributed by atoms with E-state index in [4.69, 9.17) is 23.9 Å². The van der Waals surface area contributed by atoms with E-state index >= 15 is 0 Å². The Bertz CT molecular complexity index is 1400. The highest BCUT2D eigenvalue weighted by Crippen LogP contribution is 2.38. The van der Waals surface area contributed by atoms with E-state index in [1.54, 1.807) is 12.1 Å². The van der Waals surface area contributed by atoms with Crippen LogP contribution in [-0.2, 0) is 6.54 Å². The van der Waals surface area contributed by atoms with Crippen LogP contribution in [0.5, 0.6) is 23.0 Å². The maximum Gasteiger partial charge on any atom is 0.252 e. The van der Waals surface area contributed by atoms with Gasteiger partial charge in [0.25, 0.3) is 5.91 Å². The molecule has 0 saturated heterocycles. The normalized spacial score (nSPS) is 11.9. The van der Waals surface area contributed by atoms with Crippen LogP contribution in [0.2, 0.25) is 0 Å². The Morgan fingerprint density at radius 1 is 0.900 bits per heavy atom. The van der Waals surface area contributed by atoms with Gasteiger partial charge in [0.2, 0.25) is 5.75 Å². The van der Waals surface area contributed by atoms with Gasteiger partial charge < -0.3 is 28.8 Å². The second-order valence-corrected chi connectivity index (χ2v) is 10.00. The average Bonchev–Trinajstić information content (AvgIpc) is 3.35. The number of nitrogens with zero attached hydrogens (tertiary/aromatic N) is 2. The third-order valence-electron chi connectivity index (χ3n) is 6.94. The van der Waals surface area contributed by atoms with Crippen molar-refractivity contribution in [2.45, 2.75) is 52.1 Å². The van der Waals surface area contributed by atoms with E-state index in [1.165, 1.54) is 26.9 Å². The number of fused-ring (bicyclic) bond motifs is 1. The van der Waals surface area contributed by atoms with Gasteiger partial charge in [0.05, 0.1) is 45.0 Å². The van der Waals surface area contributed by atoms with Gasteiger partial charge in [-0.15, -0.1) is 0 Å². The molecule has 0 aliphatic heterocycles. The predicted octanol–water partition coefficient (Wildman–Crippen LogP) is 6.54. The Labute approximate surface area is 236 Å². The van der Waals surface area contributed by atoms with E-state index in [9.17, 15) is 4.79 Å². The molecule has 1 aromatic heterocycles. The summed E-state index contributed by atoms with van der Waals surface area (Å²) in [5.74, 6) is 3.21. The zero-order chi connectivity index (χ0) is 28.6. The summed E-state index contributed by atoms with van der Waals surface area (Å²) < 4.78 is 24.4. The smallest absolute Gasteiger partial charge is 0.252 e. The number of aromatic nitrogens is 2. The van der Waals surface area contributed by atoms with Crippen molar-refractivity contribution in [3.05, 3.63) is 77.6 Å². The van der Waals surface area contributed by atoms with Crippen molar-refractivity contribution >= 4 is 16.9 Å². The van der Waals surface area contributed by atoms with Gasteiger partial charge in [-0.25, -0.2) is 4.98 Å². The number of aryl methyl sites for hydroxylation is 1. The van der Waals surface area contributed by atoms with Gasteiger partial charge in [-0.2, -0.15) is 0 Å². The van der Waals surface area contributed by atoms with Crippen molar-refractivity contribution in [1.82, 2.24) is 14.9 Å². The zero-order valence-corrected chi connectivity index (χ0v) is 24.2. The summed E-state index contributed by atoms with van der Waals surface area (Å²) in [6.45, 7) is 7.71. The number of carbonyl (C=O) groups excluding carboxylic acids is 1. The molecule has 3 aromatic carbocycles. The van der Waals surface area contributed by atoms with Crippen LogP contribution in [-0.4, -0.2) is 43.4 Å². The molecule has 1 N–H and O–H groups in total. The number of unbranched alkanes of at least 4 members (excludes halogenated alkanes) is 1. The van der Waals surface area contributed by atoms with E-state index in [1.807, 2.05) is 37.3 Å². The molecule has 4 rings (SSSR count). The number of hydrogen-bond donors (Lipinski definition) is 1. The van der Waals surface area contributed by atoms with Crippen LogP contribution in [0.15, 0.2) is 60.7 Å². The number of carbonyl (C=O) groups is 1. The van der Waals surface area contributed by atoms with Crippen molar-refractivity contribution in [1.29, 1.82) is 0 Å². The summed E-state index contributed by atoms with van der Waals surface area (Å²) in [5, 5.41) is 3.09. The number of amides is 1. The fraction of sp³-hybridized carbons (Fsp3) is 0.375. The third kappa shape index (κ3) is 6.50.